The Morgan fingerprint density at radius 3 is 2.81 bits per heavy atom. The van der Waals surface area contributed by atoms with Crippen LogP contribution in [0.4, 0.5) is 0 Å². The van der Waals surface area contributed by atoms with Crippen molar-refractivity contribution in [2.45, 2.75) is 32.6 Å². The number of fused-ring (bicyclic) bond motifs is 1. The van der Waals surface area contributed by atoms with Gasteiger partial charge < -0.3 is 9.78 Å². The molecule has 0 atom stereocenters. The van der Waals surface area contributed by atoms with Gasteiger partial charge in [-0.05, 0) is 17.7 Å². The van der Waals surface area contributed by atoms with E-state index in [1.54, 1.807) is 6.20 Å². The first-order valence-corrected chi connectivity index (χ1v) is 5.43. The minimum Gasteiger partial charge on any atom is -0.342 e. The maximum atomic E-state index is 10.8. The molecule has 1 N–H and O–H groups in total. The first-order chi connectivity index (χ1) is 7.54. The van der Waals surface area contributed by atoms with Gasteiger partial charge in [-0.2, -0.15) is 0 Å². The summed E-state index contributed by atoms with van der Waals surface area (Å²) in [4.78, 5) is 18.4. The number of hydrogen-bond donors (Lipinski definition) is 1. The average Bonchev–Trinajstić information content (AvgIpc) is 2.58. The number of hydrogen-bond acceptors (Lipinski definition) is 2. The summed E-state index contributed by atoms with van der Waals surface area (Å²) in [5.41, 5.74) is 3.04. The van der Waals surface area contributed by atoms with Crippen molar-refractivity contribution in [1.29, 1.82) is 0 Å². The molecule has 2 aromatic heterocycles. The molecule has 2 heterocycles. The molecule has 0 aliphatic carbocycles. The Morgan fingerprint density at radius 1 is 1.44 bits per heavy atom. The molecule has 0 radical (unpaired) electrons. The Balaban J connectivity index is 2.72. The number of aldehydes is 1. The highest BCUT2D eigenvalue weighted by atomic mass is 16.1. The third-order valence-corrected chi connectivity index (χ3v) is 2.72. The summed E-state index contributed by atoms with van der Waals surface area (Å²) in [5.74, 6) is 0. The summed E-state index contributed by atoms with van der Waals surface area (Å²) < 4.78 is 0. The van der Waals surface area contributed by atoms with Crippen molar-refractivity contribution in [3.8, 4) is 0 Å². The summed E-state index contributed by atoms with van der Waals surface area (Å²) >= 11 is 0. The largest absolute Gasteiger partial charge is 0.342 e. The zero-order valence-electron chi connectivity index (χ0n) is 9.87. The summed E-state index contributed by atoms with van der Waals surface area (Å²) in [6, 6.07) is 3.91. The lowest BCUT2D eigenvalue weighted by Gasteiger charge is -2.18. The summed E-state index contributed by atoms with van der Waals surface area (Å²) in [6.45, 7) is 6.39. The van der Waals surface area contributed by atoms with E-state index in [0.29, 0.717) is 6.42 Å². The van der Waals surface area contributed by atoms with E-state index in [4.69, 9.17) is 0 Å². The van der Waals surface area contributed by atoms with Crippen LogP contribution < -0.4 is 0 Å². The van der Waals surface area contributed by atoms with Gasteiger partial charge in [-0.3, -0.25) is 0 Å². The van der Waals surface area contributed by atoms with Gasteiger partial charge in [0.05, 0.1) is 0 Å². The number of nitrogens with one attached hydrogen (secondary N) is 1. The van der Waals surface area contributed by atoms with E-state index in [9.17, 15) is 4.79 Å². The molecule has 2 aromatic rings. The van der Waals surface area contributed by atoms with E-state index in [0.717, 1.165) is 28.6 Å². The first-order valence-electron chi connectivity index (χ1n) is 5.43. The number of carbonyl (C=O) groups is 1. The van der Waals surface area contributed by atoms with E-state index < -0.39 is 0 Å². The number of aromatic amines is 1. The van der Waals surface area contributed by atoms with Crippen molar-refractivity contribution in [3.05, 3.63) is 29.6 Å². The Bertz CT molecular complexity index is 520. The van der Waals surface area contributed by atoms with Gasteiger partial charge in [0, 0.05) is 29.1 Å². The molecule has 16 heavy (non-hydrogen) atoms. The number of pyridine rings is 1. The van der Waals surface area contributed by atoms with Gasteiger partial charge in [-0.25, -0.2) is 4.98 Å². The fraction of sp³-hybridized carbons (Fsp3) is 0.385. The lowest BCUT2D eigenvalue weighted by molar-refractivity contribution is -0.107. The number of carbonyl (C=O) groups excluding carboxylic acids is 1. The van der Waals surface area contributed by atoms with Gasteiger partial charge in [0.15, 0.2) is 0 Å². The van der Waals surface area contributed by atoms with Gasteiger partial charge in [-0.1, -0.05) is 20.8 Å². The molecule has 3 nitrogen and oxygen atoms in total. The minimum atomic E-state index is -0.000949. The van der Waals surface area contributed by atoms with Crippen molar-refractivity contribution in [3.63, 3.8) is 0 Å². The van der Waals surface area contributed by atoms with E-state index in [1.807, 2.05) is 12.1 Å². The first kappa shape index (κ1) is 10.9. The Hall–Kier alpha value is -1.64. The van der Waals surface area contributed by atoms with Crippen LogP contribution in [-0.2, 0) is 16.6 Å². The maximum Gasteiger partial charge on any atom is 0.137 e. The van der Waals surface area contributed by atoms with E-state index in [1.165, 1.54) is 0 Å². The van der Waals surface area contributed by atoms with Crippen LogP contribution >= 0.6 is 0 Å². The predicted octanol–water partition coefficient (Wildman–Crippen LogP) is 2.60. The molecule has 0 fully saturated rings. The quantitative estimate of drug-likeness (QED) is 0.784. The average molecular weight is 216 g/mol. The molecule has 0 aromatic carbocycles. The molecule has 0 saturated heterocycles. The molecule has 0 aliphatic rings. The van der Waals surface area contributed by atoms with Crippen LogP contribution in [0.5, 0.6) is 0 Å². The third kappa shape index (κ3) is 1.73. The van der Waals surface area contributed by atoms with Crippen molar-refractivity contribution >= 4 is 17.3 Å². The summed E-state index contributed by atoms with van der Waals surface area (Å²) in [7, 11) is 0. The molecule has 0 amide bonds. The maximum absolute atomic E-state index is 10.8. The SMILES string of the molecule is CC(C)(C)c1[nH]c2ncccc2c1CC=O. The fourth-order valence-electron chi connectivity index (χ4n) is 2.01. The molecule has 0 saturated carbocycles. The van der Waals surface area contributed by atoms with Crippen LogP contribution in [0.1, 0.15) is 32.0 Å². The molecule has 0 aliphatic heterocycles. The number of rotatable bonds is 2. The fourth-order valence-corrected chi connectivity index (χ4v) is 2.01. The number of aromatic nitrogens is 2. The van der Waals surface area contributed by atoms with Crippen molar-refractivity contribution < 1.29 is 4.79 Å². The Labute approximate surface area is 94.9 Å². The summed E-state index contributed by atoms with van der Waals surface area (Å²) in [6.07, 6.45) is 3.15. The second-order valence-electron chi connectivity index (χ2n) is 5.00. The minimum absolute atomic E-state index is 0.000949. The van der Waals surface area contributed by atoms with E-state index in [-0.39, 0.29) is 5.41 Å². The Morgan fingerprint density at radius 2 is 2.19 bits per heavy atom. The van der Waals surface area contributed by atoms with Gasteiger partial charge in [0.25, 0.3) is 0 Å². The summed E-state index contributed by atoms with van der Waals surface area (Å²) in [5, 5.41) is 1.06. The zero-order valence-corrected chi connectivity index (χ0v) is 9.87. The molecule has 0 spiro atoms. The smallest absolute Gasteiger partial charge is 0.137 e. The lowest BCUT2D eigenvalue weighted by Crippen LogP contribution is -2.14. The van der Waals surface area contributed by atoms with Crippen LogP contribution in [0.3, 0.4) is 0 Å². The molecular weight excluding hydrogens is 200 g/mol. The van der Waals surface area contributed by atoms with E-state index in [2.05, 4.69) is 30.7 Å². The van der Waals surface area contributed by atoms with Crippen LogP contribution in [0.2, 0.25) is 0 Å². The third-order valence-electron chi connectivity index (χ3n) is 2.72. The zero-order chi connectivity index (χ0) is 11.8. The van der Waals surface area contributed by atoms with Crippen molar-refractivity contribution in [1.82, 2.24) is 9.97 Å². The molecule has 2 rings (SSSR count). The number of nitrogens with zero attached hydrogens (tertiary/aromatic N) is 1. The second kappa shape index (κ2) is 3.74. The standard InChI is InChI=1S/C13H16N2O/c1-13(2,3)11-9(6-8-16)10-5-4-7-14-12(10)15-11/h4-5,7-8H,6H2,1-3H3,(H,14,15). The van der Waals surface area contributed by atoms with Gasteiger partial charge in [0.1, 0.15) is 11.9 Å². The molecular formula is C13H16N2O. The second-order valence-corrected chi connectivity index (χ2v) is 5.00. The molecule has 0 unspecified atom stereocenters. The van der Waals surface area contributed by atoms with Crippen LogP contribution in [0.25, 0.3) is 11.0 Å². The van der Waals surface area contributed by atoms with Crippen LogP contribution in [0.15, 0.2) is 18.3 Å². The highest BCUT2D eigenvalue weighted by Crippen LogP contribution is 2.30. The lowest BCUT2D eigenvalue weighted by atomic mass is 9.88. The van der Waals surface area contributed by atoms with Crippen molar-refractivity contribution in [2.24, 2.45) is 0 Å². The van der Waals surface area contributed by atoms with Gasteiger partial charge >= 0.3 is 0 Å². The van der Waals surface area contributed by atoms with Crippen molar-refractivity contribution in [2.75, 3.05) is 0 Å². The van der Waals surface area contributed by atoms with Crippen LogP contribution in [-0.4, -0.2) is 16.3 Å². The topological polar surface area (TPSA) is 45.8 Å². The highest BCUT2D eigenvalue weighted by Gasteiger charge is 2.22. The monoisotopic (exact) mass is 216 g/mol. The normalized spacial score (nSPS) is 11.9. The molecule has 0 bridgehead atoms. The predicted molar refractivity (Wildman–Crippen MR) is 64.6 cm³/mol. The van der Waals surface area contributed by atoms with Crippen LogP contribution in [0, 0.1) is 0 Å². The molecule has 3 heteroatoms. The Kier molecular flexibility index (Phi) is 2.54. The highest BCUT2D eigenvalue weighted by molar-refractivity contribution is 5.84. The number of H-pyrrole nitrogens is 1. The van der Waals surface area contributed by atoms with E-state index >= 15 is 0 Å². The van der Waals surface area contributed by atoms with Gasteiger partial charge in [-0.15, -0.1) is 0 Å². The van der Waals surface area contributed by atoms with Gasteiger partial charge in [0.2, 0.25) is 0 Å². The molecule has 84 valence electrons.